The lowest BCUT2D eigenvalue weighted by Gasteiger charge is -2.12. The van der Waals surface area contributed by atoms with Crippen molar-refractivity contribution in [3.05, 3.63) is 54.1 Å². The molecule has 2 N–H and O–H groups in total. The van der Waals surface area contributed by atoms with Crippen LogP contribution in [-0.4, -0.2) is 62.1 Å². The van der Waals surface area contributed by atoms with Crippen LogP contribution in [0.1, 0.15) is 24.7 Å². The highest BCUT2D eigenvalue weighted by atomic mass is 127. The molecule has 7 nitrogen and oxygen atoms in total. The Bertz CT molecular complexity index is 679. The molecule has 0 unspecified atom stereocenters. The number of rotatable bonds is 13. The van der Waals surface area contributed by atoms with Gasteiger partial charge < -0.3 is 24.7 Å². The van der Waals surface area contributed by atoms with Gasteiger partial charge >= 0.3 is 0 Å². The van der Waals surface area contributed by atoms with Crippen LogP contribution in [0.4, 0.5) is 0 Å². The first-order valence-electron chi connectivity index (χ1n) is 9.96. The number of hydrogen-bond donors (Lipinski definition) is 2. The van der Waals surface area contributed by atoms with E-state index < -0.39 is 0 Å². The van der Waals surface area contributed by atoms with Crippen molar-refractivity contribution in [3.63, 3.8) is 0 Å². The minimum absolute atomic E-state index is 0. The minimum Gasteiger partial charge on any atom is -0.382 e. The third kappa shape index (κ3) is 10.6. The number of ether oxygens (including phenoxy) is 2. The molecule has 0 amide bonds. The fourth-order valence-corrected chi connectivity index (χ4v) is 2.73. The van der Waals surface area contributed by atoms with Crippen molar-refractivity contribution in [1.82, 2.24) is 20.2 Å². The highest BCUT2D eigenvalue weighted by Gasteiger charge is 2.04. The molecule has 0 spiro atoms. The average molecular weight is 515 g/mol. The molecule has 2 rings (SSSR count). The third-order valence-electron chi connectivity index (χ3n) is 4.13. The van der Waals surface area contributed by atoms with Crippen molar-refractivity contribution in [2.45, 2.75) is 26.3 Å². The summed E-state index contributed by atoms with van der Waals surface area (Å²) in [6.45, 7) is 7.21. The van der Waals surface area contributed by atoms with E-state index in [9.17, 15) is 0 Å². The largest absolute Gasteiger partial charge is 0.382 e. The molecule has 162 valence electrons. The van der Waals surface area contributed by atoms with Crippen LogP contribution in [0.3, 0.4) is 0 Å². The number of benzene rings is 1. The first-order valence-corrected chi connectivity index (χ1v) is 9.96. The van der Waals surface area contributed by atoms with Gasteiger partial charge in [-0.3, -0.25) is 4.99 Å². The van der Waals surface area contributed by atoms with Gasteiger partial charge in [0, 0.05) is 58.7 Å². The minimum atomic E-state index is 0. The van der Waals surface area contributed by atoms with E-state index in [-0.39, 0.29) is 24.0 Å². The molecule has 0 bridgehead atoms. The summed E-state index contributed by atoms with van der Waals surface area (Å²) in [5.41, 5.74) is 1.28. The van der Waals surface area contributed by atoms with Crippen LogP contribution in [-0.2, 0) is 22.4 Å². The highest BCUT2D eigenvalue weighted by molar-refractivity contribution is 14.0. The molecule has 0 fully saturated rings. The van der Waals surface area contributed by atoms with Gasteiger partial charge in [-0.2, -0.15) is 0 Å². The van der Waals surface area contributed by atoms with Crippen molar-refractivity contribution >= 4 is 29.9 Å². The van der Waals surface area contributed by atoms with Crippen molar-refractivity contribution < 1.29 is 9.47 Å². The zero-order valence-corrected chi connectivity index (χ0v) is 19.8. The molecule has 0 aliphatic rings. The van der Waals surface area contributed by atoms with Crippen LogP contribution in [0, 0.1) is 0 Å². The summed E-state index contributed by atoms with van der Waals surface area (Å²) < 4.78 is 12.6. The highest BCUT2D eigenvalue weighted by Crippen LogP contribution is 2.05. The van der Waals surface area contributed by atoms with Crippen LogP contribution >= 0.6 is 24.0 Å². The van der Waals surface area contributed by atoms with Crippen molar-refractivity contribution in [2.24, 2.45) is 4.99 Å². The Hall–Kier alpha value is -1.65. The summed E-state index contributed by atoms with van der Waals surface area (Å²) in [4.78, 5) is 9.10. The topological polar surface area (TPSA) is 72.7 Å². The summed E-state index contributed by atoms with van der Waals surface area (Å²) >= 11 is 0. The van der Waals surface area contributed by atoms with Crippen LogP contribution in [0.2, 0.25) is 0 Å². The predicted molar refractivity (Wildman–Crippen MR) is 128 cm³/mol. The van der Waals surface area contributed by atoms with E-state index in [1.807, 2.05) is 18.5 Å². The number of aliphatic imine (C=N–C) groups is 1. The lowest BCUT2D eigenvalue weighted by atomic mass is 10.2. The summed E-state index contributed by atoms with van der Waals surface area (Å²) in [6, 6.07) is 10.4. The van der Waals surface area contributed by atoms with Crippen molar-refractivity contribution in [1.29, 1.82) is 0 Å². The molecule has 0 saturated heterocycles. The van der Waals surface area contributed by atoms with E-state index >= 15 is 0 Å². The van der Waals surface area contributed by atoms with E-state index in [1.54, 1.807) is 7.11 Å². The van der Waals surface area contributed by atoms with Crippen LogP contribution in [0.5, 0.6) is 0 Å². The second kappa shape index (κ2) is 16.2. The van der Waals surface area contributed by atoms with E-state index in [4.69, 9.17) is 9.47 Å². The number of hydrogen-bond acceptors (Lipinski definition) is 4. The second-order valence-electron chi connectivity index (χ2n) is 6.35. The zero-order valence-electron chi connectivity index (χ0n) is 17.5. The SMILES string of the molecule is CCNC(=NCCCOCCOC)NCCc1nccn1Cc1ccccc1.I. The maximum absolute atomic E-state index is 5.46. The van der Waals surface area contributed by atoms with E-state index in [0.29, 0.717) is 19.8 Å². The van der Waals surface area contributed by atoms with E-state index in [0.717, 1.165) is 50.8 Å². The van der Waals surface area contributed by atoms with Gasteiger partial charge in [-0.05, 0) is 18.9 Å². The monoisotopic (exact) mass is 515 g/mol. The normalized spacial score (nSPS) is 11.2. The smallest absolute Gasteiger partial charge is 0.191 e. The van der Waals surface area contributed by atoms with Gasteiger partial charge in [0.2, 0.25) is 0 Å². The third-order valence-corrected chi connectivity index (χ3v) is 4.13. The first-order chi connectivity index (χ1) is 13.8. The molecule has 0 aliphatic heterocycles. The maximum Gasteiger partial charge on any atom is 0.191 e. The molecule has 1 aromatic heterocycles. The Kier molecular flexibility index (Phi) is 14.2. The van der Waals surface area contributed by atoms with E-state index in [1.165, 1.54) is 5.56 Å². The molecule has 0 saturated carbocycles. The Balaban J connectivity index is 0.00000420. The number of halogens is 1. The number of imidazole rings is 1. The molecule has 29 heavy (non-hydrogen) atoms. The van der Waals surface area contributed by atoms with Gasteiger partial charge in [0.1, 0.15) is 5.82 Å². The Morgan fingerprint density at radius 1 is 1.14 bits per heavy atom. The van der Waals surface area contributed by atoms with Gasteiger partial charge in [0.05, 0.1) is 13.2 Å². The second-order valence-corrected chi connectivity index (χ2v) is 6.35. The average Bonchev–Trinajstić information content (AvgIpc) is 3.15. The number of nitrogens with zero attached hydrogens (tertiary/aromatic N) is 3. The summed E-state index contributed by atoms with van der Waals surface area (Å²) in [6.07, 6.45) is 5.62. The number of aromatic nitrogens is 2. The number of nitrogens with one attached hydrogen (secondary N) is 2. The molecule has 2 aromatic rings. The predicted octanol–water partition coefficient (Wildman–Crippen LogP) is 2.70. The number of guanidine groups is 1. The summed E-state index contributed by atoms with van der Waals surface area (Å²) in [5, 5.41) is 6.67. The fraction of sp³-hybridized carbons (Fsp3) is 0.524. The van der Waals surface area contributed by atoms with Crippen LogP contribution in [0.25, 0.3) is 0 Å². The summed E-state index contributed by atoms with van der Waals surface area (Å²) in [7, 11) is 1.68. The van der Waals surface area contributed by atoms with E-state index in [2.05, 4.69) is 56.4 Å². The zero-order chi connectivity index (χ0) is 19.9. The lowest BCUT2D eigenvalue weighted by molar-refractivity contribution is 0.0702. The van der Waals surface area contributed by atoms with Crippen LogP contribution < -0.4 is 10.6 Å². The molecular weight excluding hydrogens is 481 g/mol. The van der Waals surface area contributed by atoms with Gasteiger partial charge in [0.25, 0.3) is 0 Å². The molecule has 0 atom stereocenters. The molecule has 1 aromatic carbocycles. The quantitative estimate of drug-likeness (QED) is 0.186. The van der Waals surface area contributed by atoms with Crippen molar-refractivity contribution in [3.8, 4) is 0 Å². The van der Waals surface area contributed by atoms with Crippen LogP contribution in [0.15, 0.2) is 47.7 Å². The summed E-state index contributed by atoms with van der Waals surface area (Å²) in [5.74, 6) is 1.90. The molecule has 0 radical (unpaired) electrons. The maximum atomic E-state index is 5.46. The molecule has 8 heteroatoms. The molecule has 1 heterocycles. The lowest BCUT2D eigenvalue weighted by Crippen LogP contribution is -2.38. The fourth-order valence-electron chi connectivity index (χ4n) is 2.73. The van der Waals surface area contributed by atoms with Crippen molar-refractivity contribution in [2.75, 3.05) is 46.6 Å². The van der Waals surface area contributed by atoms with Gasteiger partial charge in [-0.1, -0.05) is 30.3 Å². The Morgan fingerprint density at radius 2 is 1.97 bits per heavy atom. The molecular formula is C21H34IN5O2. The Morgan fingerprint density at radius 3 is 2.72 bits per heavy atom. The standard InChI is InChI=1S/C21H33N5O2.HI/c1-3-22-21(24-11-7-15-28-17-16-27-2)25-12-10-20-23-13-14-26(20)18-19-8-5-4-6-9-19;/h4-6,8-9,13-14H,3,7,10-12,15-18H2,1-2H3,(H2,22,24,25);1H. The van der Waals surface area contributed by atoms with Gasteiger partial charge in [0.15, 0.2) is 5.96 Å². The van der Waals surface area contributed by atoms with Gasteiger partial charge in [-0.25, -0.2) is 4.98 Å². The van der Waals surface area contributed by atoms with Gasteiger partial charge in [-0.15, -0.1) is 24.0 Å². The molecule has 0 aliphatic carbocycles. The first kappa shape index (κ1) is 25.4. The Labute approximate surface area is 191 Å². The number of methoxy groups -OCH3 is 1.